The van der Waals surface area contributed by atoms with Gasteiger partial charge in [0.2, 0.25) is 0 Å². The summed E-state index contributed by atoms with van der Waals surface area (Å²) in [5, 5.41) is 18.9. The summed E-state index contributed by atoms with van der Waals surface area (Å²) in [5.74, 6) is 0. The third-order valence-corrected chi connectivity index (χ3v) is 3.17. The second kappa shape index (κ2) is 4.27. The van der Waals surface area contributed by atoms with Crippen LogP contribution in [-0.4, -0.2) is 23.8 Å². The molecule has 0 radical (unpaired) electrons. The SMILES string of the molecule is CC1(O)CCCN(c2ccc(C#N)cc2N)C1. The Morgan fingerprint density at radius 3 is 2.88 bits per heavy atom. The van der Waals surface area contributed by atoms with E-state index in [-0.39, 0.29) is 0 Å². The minimum Gasteiger partial charge on any atom is -0.397 e. The van der Waals surface area contributed by atoms with Crippen LogP contribution in [0.3, 0.4) is 0 Å². The van der Waals surface area contributed by atoms with Gasteiger partial charge < -0.3 is 15.7 Å². The fraction of sp³-hybridized carbons (Fsp3) is 0.462. The number of nitrogen functional groups attached to an aromatic ring is 1. The molecule has 0 bridgehead atoms. The summed E-state index contributed by atoms with van der Waals surface area (Å²) in [6, 6.07) is 7.36. The van der Waals surface area contributed by atoms with Crippen LogP contribution in [0.2, 0.25) is 0 Å². The largest absolute Gasteiger partial charge is 0.397 e. The molecule has 1 atom stereocenters. The van der Waals surface area contributed by atoms with Gasteiger partial charge in [0.25, 0.3) is 0 Å². The van der Waals surface area contributed by atoms with Gasteiger partial charge in [-0.2, -0.15) is 5.26 Å². The zero-order valence-corrected chi connectivity index (χ0v) is 9.98. The number of β-amino-alcohol motifs (C(OH)–C–C–N with tert-alkyl or cyclic N) is 1. The smallest absolute Gasteiger partial charge is 0.0992 e. The standard InChI is InChI=1S/C13H17N3O/c1-13(17)5-2-6-16(9-13)12-4-3-10(8-14)7-11(12)15/h3-4,7,17H,2,5-6,9,15H2,1H3. The highest BCUT2D eigenvalue weighted by Crippen LogP contribution is 2.30. The second-order valence-corrected chi connectivity index (χ2v) is 4.91. The maximum Gasteiger partial charge on any atom is 0.0992 e. The number of nitriles is 1. The molecule has 0 amide bonds. The van der Waals surface area contributed by atoms with Gasteiger partial charge in [-0.15, -0.1) is 0 Å². The van der Waals surface area contributed by atoms with Crippen molar-refractivity contribution in [3.63, 3.8) is 0 Å². The summed E-state index contributed by atoms with van der Waals surface area (Å²) >= 11 is 0. The molecule has 90 valence electrons. The highest BCUT2D eigenvalue weighted by atomic mass is 16.3. The molecule has 1 aromatic carbocycles. The van der Waals surface area contributed by atoms with Crippen molar-refractivity contribution in [2.75, 3.05) is 23.7 Å². The minimum absolute atomic E-state index is 0.565. The lowest BCUT2D eigenvalue weighted by Gasteiger charge is -2.38. The Kier molecular flexibility index (Phi) is 2.95. The van der Waals surface area contributed by atoms with E-state index in [2.05, 4.69) is 11.0 Å². The average Bonchev–Trinajstić information content (AvgIpc) is 2.27. The molecule has 3 N–H and O–H groups in total. The summed E-state index contributed by atoms with van der Waals surface area (Å²) in [7, 11) is 0. The number of piperidine rings is 1. The Morgan fingerprint density at radius 2 is 2.29 bits per heavy atom. The molecule has 1 aliphatic heterocycles. The third kappa shape index (κ3) is 2.51. The van der Waals surface area contributed by atoms with E-state index in [0.717, 1.165) is 25.1 Å². The Bertz CT molecular complexity index is 462. The molecule has 17 heavy (non-hydrogen) atoms. The van der Waals surface area contributed by atoms with Crippen LogP contribution >= 0.6 is 0 Å². The summed E-state index contributed by atoms with van der Waals surface area (Å²) in [6.07, 6.45) is 1.77. The van der Waals surface area contributed by atoms with Crippen LogP contribution in [0.25, 0.3) is 0 Å². The number of benzene rings is 1. The molecule has 0 aliphatic carbocycles. The van der Waals surface area contributed by atoms with Gasteiger partial charge in [0, 0.05) is 13.1 Å². The Balaban J connectivity index is 2.26. The van der Waals surface area contributed by atoms with Gasteiger partial charge in [0.1, 0.15) is 0 Å². The van der Waals surface area contributed by atoms with Gasteiger partial charge in [-0.1, -0.05) is 0 Å². The first-order valence-corrected chi connectivity index (χ1v) is 5.79. The van der Waals surface area contributed by atoms with Crippen molar-refractivity contribution >= 4 is 11.4 Å². The predicted molar refractivity (Wildman–Crippen MR) is 67.6 cm³/mol. The van der Waals surface area contributed by atoms with Crippen LogP contribution in [0.5, 0.6) is 0 Å². The topological polar surface area (TPSA) is 73.3 Å². The van der Waals surface area contributed by atoms with Crippen molar-refractivity contribution < 1.29 is 5.11 Å². The number of nitrogens with two attached hydrogens (primary N) is 1. The molecule has 1 aliphatic rings. The second-order valence-electron chi connectivity index (χ2n) is 4.91. The third-order valence-electron chi connectivity index (χ3n) is 3.17. The van der Waals surface area contributed by atoms with Crippen LogP contribution < -0.4 is 10.6 Å². The molecule has 4 nitrogen and oxygen atoms in total. The first-order valence-electron chi connectivity index (χ1n) is 5.79. The van der Waals surface area contributed by atoms with Crippen LogP contribution in [0, 0.1) is 11.3 Å². The molecule has 1 heterocycles. The number of nitrogens with zero attached hydrogens (tertiary/aromatic N) is 2. The van der Waals surface area contributed by atoms with E-state index < -0.39 is 5.60 Å². The molecule has 1 aromatic rings. The van der Waals surface area contributed by atoms with Gasteiger partial charge in [-0.25, -0.2) is 0 Å². The van der Waals surface area contributed by atoms with Gasteiger partial charge >= 0.3 is 0 Å². The van der Waals surface area contributed by atoms with Crippen molar-refractivity contribution in [2.24, 2.45) is 0 Å². The highest BCUT2D eigenvalue weighted by molar-refractivity contribution is 5.69. The van der Waals surface area contributed by atoms with E-state index >= 15 is 0 Å². The number of aliphatic hydroxyl groups is 1. The molecule has 0 aromatic heterocycles. The number of hydrogen-bond acceptors (Lipinski definition) is 4. The Hall–Kier alpha value is -1.73. The van der Waals surface area contributed by atoms with Crippen LogP contribution in [-0.2, 0) is 0 Å². The fourth-order valence-electron chi connectivity index (χ4n) is 2.34. The van der Waals surface area contributed by atoms with Crippen molar-refractivity contribution in [2.45, 2.75) is 25.4 Å². The first-order chi connectivity index (χ1) is 8.02. The summed E-state index contributed by atoms with van der Waals surface area (Å²) in [6.45, 7) is 3.33. The molecular weight excluding hydrogens is 214 g/mol. The molecule has 4 heteroatoms. The van der Waals surface area contributed by atoms with Crippen molar-refractivity contribution in [1.82, 2.24) is 0 Å². The summed E-state index contributed by atoms with van der Waals surface area (Å²) in [5.41, 5.74) is 7.36. The average molecular weight is 231 g/mol. The molecule has 0 saturated carbocycles. The van der Waals surface area contributed by atoms with Gasteiger partial charge in [-0.05, 0) is 38.0 Å². The number of rotatable bonds is 1. The van der Waals surface area contributed by atoms with E-state index in [1.165, 1.54) is 0 Å². The van der Waals surface area contributed by atoms with Crippen molar-refractivity contribution in [3.05, 3.63) is 23.8 Å². The fourth-order valence-corrected chi connectivity index (χ4v) is 2.34. The first kappa shape index (κ1) is 11.7. The lowest BCUT2D eigenvalue weighted by atomic mass is 9.94. The number of anilines is 2. The predicted octanol–water partition coefficient (Wildman–Crippen LogP) is 1.49. The lowest BCUT2D eigenvalue weighted by Crippen LogP contribution is -2.46. The molecular formula is C13H17N3O. The summed E-state index contributed by atoms with van der Waals surface area (Å²) in [4.78, 5) is 2.08. The van der Waals surface area contributed by atoms with Crippen molar-refractivity contribution in [3.8, 4) is 6.07 Å². The monoisotopic (exact) mass is 231 g/mol. The van der Waals surface area contributed by atoms with Crippen LogP contribution in [0.15, 0.2) is 18.2 Å². The van der Waals surface area contributed by atoms with Crippen molar-refractivity contribution in [1.29, 1.82) is 5.26 Å². The molecule has 2 rings (SSSR count). The molecule has 1 fully saturated rings. The van der Waals surface area contributed by atoms with E-state index in [4.69, 9.17) is 11.0 Å². The van der Waals surface area contributed by atoms with Gasteiger partial charge in [0.15, 0.2) is 0 Å². The van der Waals surface area contributed by atoms with E-state index in [0.29, 0.717) is 17.8 Å². The Morgan fingerprint density at radius 1 is 1.53 bits per heavy atom. The molecule has 0 spiro atoms. The summed E-state index contributed by atoms with van der Waals surface area (Å²) < 4.78 is 0. The lowest BCUT2D eigenvalue weighted by molar-refractivity contribution is 0.0450. The maximum atomic E-state index is 10.1. The molecule has 1 unspecified atom stereocenters. The van der Waals surface area contributed by atoms with E-state index in [1.807, 2.05) is 13.0 Å². The zero-order valence-electron chi connectivity index (χ0n) is 9.98. The maximum absolute atomic E-state index is 10.1. The van der Waals surface area contributed by atoms with Gasteiger partial charge in [0.05, 0.1) is 28.6 Å². The van der Waals surface area contributed by atoms with Crippen LogP contribution in [0.4, 0.5) is 11.4 Å². The van der Waals surface area contributed by atoms with Crippen LogP contribution in [0.1, 0.15) is 25.3 Å². The number of hydrogen-bond donors (Lipinski definition) is 2. The van der Waals surface area contributed by atoms with E-state index in [9.17, 15) is 5.11 Å². The Labute approximate surface area is 101 Å². The quantitative estimate of drug-likeness (QED) is 0.718. The van der Waals surface area contributed by atoms with E-state index in [1.54, 1.807) is 12.1 Å². The normalized spacial score (nSPS) is 24.4. The zero-order chi connectivity index (χ0) is 12.5. The minimum atomic E-state index is -0.654. The highest BCUT2D eigenvalue weighted by Gasteiger charge is 2.29. The molecule has 1 saturated heterocycles. The van der Waals surface area contributed by atoms with Gasteiger partial charge in [-0.3, -0.25) is 0 Å².